The van der Waals surface area contributed by atoms with Gasteiger partial charge in [-0.15, -0.1) is 0 Å². The van der Waals surface area contributed by atoms with E-state index in [0.29, 0.717) is 5.69 Å². The fourth-order valence-electron chi connectivity index (χ4n) is 1.46. The number of rotatable bonds is 4. The highest BCUT2D eigenvalue weighted by molar-refractivity contribution is 5.76. The molecule has 0 fully saturated rings. The lowest BCUT2D eigenvalue weighted by atomic mass is 10.1. The zero-order chi connectivity index (χ0) is 13.2. The first-order valence-corrected chi connectivity index (χ1v) is 5.48. The Hall–Kier alpha value is -1.56. The molecule has 0 bridgehead atoms. The summed E-state index contributed by atoms with van der Waals surface area (Å²) in [5, 5.41) is 15.9. The molecule has 0 unspecified atom stereocenters. The Morgan fingerprint density at radius 1 is 1.53 bits per heavy atom. The van der Waals surface area contributed by atoms with E-state index in [2.05, 4.69) is 10.4 Å². The Balaban J connectivity index is 2.72. The molecule has 0 atom stereocenters. The molecular weight excluding hydrogens is 220 g/mol. The van der Waals surface area contributed by atoms with E-state index >= 15 is 0 Å². The molecular formula is C11H20N4O2. The number of aliphatic hydroxyl groups is 1. The number of amides is 1. The van der Waals surface area contributed by atoms with Crippen LogP contribution in [0.3, 0.4) is 0 Å². The number of aromatic nitrogens is 2. The lowest BCUT2D eigenvalue weighted by Crippen LogP contribution is -2.47. The molecule has 1 amide bonds. The van der Waals surface area contributed by atoms with Gasteiger partial charge < -0.3 is 16.2 Å². The van der Waals surface area contributed by atoms with Crippen molar-refractivity contribution in [1.82, 2.24) is 15.1 Å². The summed E-state index contributed by atoms with van der Waals surface area (Å²) in [6.45, 7) is 7.11. The summed E-state index contributed by atoms with van der Waals surface area (Å²) in [6.07, 6.45) is 0. The molecule has 0 aromatic carbocycles. The van der Waals surface area contributed by atoms with Gasteiger partial charge in [0.25, 0.3) is 0 Å². The SMILES string of the molecule is Cc1nn(CC(=O)NC(C)(C)CO)c(C)c1N. The number of anilines is 1. The van der Waals surface area contributed by atoms with Crippen LogP contribution < -0.4 is 11.1 Å². The number of nitrogens with one attached hydrogen (secondary N) is 1. The van der Waals surface area contributed by atoms with E-state index in [9.17, 15) is 4.79 Å². The topological polar surface area (TPSA) is 93.2 Å². The second-order valence-electron chi connectivity index (χ2n) is 4.83. The molecule has 1 heterocycles. The highest BCUT2D eigenvalue weighted by Crippen LogP contribution is 2.14. The van der Waals surface area contributed by atoms with E-state index in [1.807, 2.05) is 6.92 Å². The average molecular weight is 240 g/mol. The number of carbonyl (C=O) groups excluding carboxylic acids is 1. The van der Waals surface area contributed by atoms with Gasteiger partial charge in [-0.1, -0.05) is 0 Å². The summed E-state index contributed by atoms with van der Waals surface area (Å²) >= 11 is 0. The van der Waals surface area contributed by atoms with Gasteiger partial charge in [0.2, 0.25) is 5.91 Å². The Kier molecular flexibility index (Phi) is 3.77. The molecule has 6 heteroatoms. The number of nitrogen functional groups attached to an aromatic ring is 1. The summed E-state index contributed by atoms with van der Waals surface area (Å²) in [5.41, 5.74) is 7.26. The molecule has 0 aliphatic carbocycles. The minimum atomic E-state index is -0.626. The predicted molar refractivity (Wildman–Crippen MR) is 65.4 cm³/mol. The van der Waals surface area contributed by atoms with Crippen LogP contribution in [0.25, 0.3) is 0 Å². The standard InChI is InChI=1S/C11H20N4O2/c1-7-10(12)8(2)15(14-7)5-9(17)13-11(3,4)6-16/h16H,5-6,12H2,1-4H3,(H,13,17). The van der Waals surface area contributed by atoms with Crippen LogP contribution in [0.2, 0.25) is 0 Å². The van der Waals surface area contributed by atoms with Crippen LogP contribution in [0.15, 0.2) is 0 Å². The van der Waals surface area contributed by atoms with Crippen LogP contribution in [0.4, 0.5) is 5.69 Å². The Labute approximate surface area is 101 Å². The smallest absolute Gasteiger partial charge is 0.242 e. The summed E-state index contributed by atoms with van der Waals surface area (Å²) < 4.78 is 1.56. The van der Waals surface area contributed by atoms with Gasteiger partial charge in [-0.3, -0.25) is 9.48 Å². The van der Waals surface area contributed by atoms with E-state index in [1.165, 1.54) is 0 Å². The number of aliphatic hydroxyl groups excluding tert-OH is 1. The fraction of sp³-hybridized carbons (Fsp3) is 0.636. The van der Waals surface area contributed by atoms with E-state index in [4.69, 9.17) is 10.8 Å². The normalized spacial score (nSPS) is 11.6. The van der Waals surface area contributed by atoms with Crippen molar-refractivity contribution in [2.24, 2.45) is 0 Å². The number of carbonyl (C=O) groups is 1. The maximum Gasteiger partial charge on any atom is 0.242 e. The Morgan fingerprint density at radius 2 is 2.12 bits per heavy atom. The molecule has 4 N–H and O–H groups in total. The van der Waals surface area contributed by atoms with Crippen molar-refractivity contribution in [2.75, 3.05) is 12.3 Å². The predicted octanol–water partition coefficient (Wildman–Crippen LogP) is -0.0308. The Bertz CT molecular complexity index is 423. The first-order valence-electron chi connectivity index (χ1n) is 5.48. The molecule has 0 saturated carbocycles. The van der Waals surface area contributed by atoms with Crippen molar-refractivity contribution in [3.63, 3.8) is 0 Å². The van der Waals surface area contributed by atoms with E-state index in [0.717, 1.165) is 11.4 Å². The van der Waals surface area contributed by atoms with Crippen molar-refractivity contribution >= 4 is 11.6 Å². The van der Waals surface area contributed by atoms with Gasteiger partial charge in [0.1, 0.15) is 6.54 Å². The summed E-state index contributed by atoms with van der Waals surface area (Å²) in [4.78, 5) is 11.7. The average Bonchev–Trinajstić information content (AvgIpc) is 2.45. The molecule has 1 aromatic rings. The zero-order valence-corrected chi connectivity index (χ0v) is 10.7. The van der Waals surface area contributed by atoms with E-state index < -0.39 is 5.54 Å². The molecule has 0 radical (unpaired) electrons. The third kappa shape index (κ3) is 3.20. The molecule has 0 saturated heterocycles. The van der Waals surface area contributed by atoms with Gasteiger partial charge >= 0.3 is 0 Å². The van der Waals surface area contributed by atoms with Gasteiger partial charge in [0.15, 0.2) is 0 Å². The molecule has 1 aromatic heterocycles. The third-order valence-corrected chi connectivity index (χ3v) is 2.60. The number of hydrogen-bond donors (Lipinski definition) is 3. The van der Waals surface area contributed by atoms with Crippen molar-refractivity contribution < 1.29 is 9.90 Å². The molecule has 0 spiro atoms. The summed E-state index contributed by atoms with van der Waals surface area (Å²) in [6, 6.07) is 0. The van der Waals surface area contributed by atoms with Gasteiger partial charge in [-0.05, 0) is 27.7 Å². The number of aryl methyl sites for hydroxylation is 1. The van der Waals surface area contributed by atoms with E-state index in [-0.39, 0.29) is 19.1 Å². The van der Waals surface area contributed by atoms with Crippen LogP contribution in [-0.4, -0.2) is 32.9 Å². The van der Waals surface area contributed by atoms with Gasteiger partial charge in [0, 0.05) is 0 Å². The third-order valence-electron chi connectivity index (χ3n) is 2.60. The molecule has 0 aliphatic rings. The first kappa shape index (κ1) is 13.5. The highest BCUT2D eigenvalue weighted by atomic mass is 16.3. The number of hydrogen-bond acceptors (Lipinski definition) is 4. The summed E-state index contributed by atoms with van der Waals surface area (Å²) in [5.74, 6) is -0.199. The fourth-order valence-corrected chi connectivity index (χ4v) is 1.46. The van der Waals surface area contributed by atoms with E-state index in [1.54, 1.807) is 25.5 Å². The number of nitrogens with two attached hydrogens (primary N) is 1. The maximum absolute atomic E-state index is 11.7. The van der Waals surface area contributed by atoms with Crippen LogP contribution in [0.1, 0.15) is 25.2 Å². The van der Waals surface area contributed by atoms with Gasteiger partial charge in [-0.25, -0.2) is 0 Å². The molecule has 96 valence electrons. The minimum Gasteiger partial charge on any atom is -0.396 e. The molecule has 17 heavy (non-hydrogen) atoms. The first-order chi connectivity index (χ1) is 7.76. The van der Waals surface area contributed by atoms with Gasteiger partial charge in [0.05, 0.1) is 29.2 Å². The monoisotopic (exact) mass is 240 g/mol. The van der Waals surface area contributed by atoms with Crippen LogP contribution in [-0.2, 0) is 11.3 Å². The second kappa shape index (κ2) is 4.75. The molecule has 0 aliphatic heterocycles. The quantitative estimate of drug-likeness (QED) is 0.689. The lowest BCUT2D eigenvalue weighted by molar-refractivity contribution is -0.123. The molecule has 6 nitrogen and oxygen atoms in total. The van der Waals surface area contributed by atoms with Crippen LogP contribution in [0, 0.1) is 13.8 Å². The summed E-state index contributed by atoms with van der Waals surface area (Å²) in [7, 11) is 0. The Morgan fingerprint density at radius 3 is 2.53 bits per heavy atom. The van der Waals surface area contributed by atoms with Crippen molar-refractivity contribution in [3.05, 3.63) is 11.4 Å². The van der Waals surface area contributed by atoms with Crippen LogP contribution >= 0.6 is 0 Å². The van der Waals surface area contributed by atoms with Crippen molar-refractivity contribution in [3.8, 4) is 0 Å². The lowest BCUT2D eigenvalue weighted by Gasteiger charge is -2.23. The largest absolute Gasteiger partial charge is 0.396 e. The van der Waals surface area contributed by atoms with Crippen molar-refractivity contribution in [1.29, 1.82) is 0 Å². The van der Waals surface area contributed by atoms with Gasteiger partial charge in [-0.2, -0.15) is 5.10 Å². The number of nitrogens with zero attached hydrogens (tertiary/aromatic N) is 2. The van der Waals surface area contributed by atoms with Crippen LogP contribution in [0.5, 0.6) is 0 Å². The minimum absolute atomic E-state index is 0.104. The van der Waals surface area contributed by atoms with Crippen molar-refractivity contribution in [2.45, 2.75) is 39.8 Å². The second-order valence-corrected chi connectivity index (χ2v) is 4.83. The molecule has 1 rings (SSSR count). The maximum atomic E-state index is 11.7. The highest BCUT2D eigenvalue weighted by Gasteiger charge is 2.20. The zero-order valence-electron chi connectivity index (χ0n) is 10.7.